The van der Waals surface area contributed by atoms with Crippen LogP contribution in [-0.2, 0) is 4.74 Å². The van der Waals surface area contributed by atoms with Crippen LogP contribution in [0.5, 0.6) is 0 Å². The van der Waals surface area contributed by atoms with Gasteiger partial charge in [-0.1, -0.05) is 0 Å². The first-order chi connectivity index (χ1) is 8.40. The number of alkyl halides is 1. The van der Waals surface area contributed by atoms with E-state index in [9.17, 15) is 4.79 Å². The lowest BCUT2D eigenvalue weighted by Crippen LogP contribution is -2.27. The van der Waals surface area contributed by atoms with Gasteiger partial charge in [-0.3, -0.25) is 5.32 Å². The number of hydrogen-bond acceptors (Lipinski definition) is 3. The summed E-state index contributed by atoms with van der Waals surface area (Å²) in [4.78, 5) is 11.5. The molecule has 0 aliphatic heterocycles. The van der Waals surface area contributed by atoms with Gasteiger partial charge in [-0.15, -0.1) is 11.6 Å². The van der Waals surface area contributed by atoms with Crippen LogP contribution in [0.4, 0.5) is 16.2 Å². The smallest absolute Gasteiger partial charge is 0.412 e. The van der Waals surface area contributed by atoms with Crippen molar-refractivity contribution in [2.75, 3.05) is 23.1 Å². The molecule has 100 valence electrons. The average molecular weight is 271 g/mol. The molecule has 0 fully saturated rings. The van der Waals surface area contributed by atoms with Crippen molar-refractivity contribution in [3.8, 4) is 0 Å². The summed E-state index contributed by atoms with van der Waals surface area (Å²) in [6.45, 7) is 6.18. The lowest BCUT2D eigenvalue weighted by Gasteiger charge is -2.19. The minimum Gasteiger partial charge on any atom is -0.444 e. The lowest BCUT2D eigenvalue weighted by atomic mass is 10.2. The number of nitrogens with one attached hydrogen (secondary N) is 2. The summed E-state index contributed by atoms with van der Waals surface area (Å²) in [5.74, 6) is 0.553. The first-order valence-corrected chi connectivity index (χ1v) is 6.34. The first-order valence-electron chi connectivity index (χ1n) is 5.80. The van der Waals surface area contributed by atoms with Crippen LogP contribution in [-0.4, -0.2) is 24.1 Å². The molecule has 0 saturated heterocycles. The molecule has 18 heavy (non-hydrogen) atoms. The third-order valence-corrected chi connectivity index (χ3v) is 2.14. The number of carbonyl (C=O) groups excluding carboxylic acids is 1. The Labute approximate surface area is 113 Å². The number of carbonyl (C=O) groups is 1. The Morgan fingerprint density at radius 2 is 1.78 bits per heavy atom. The molecule has 2 N–H and O–H groups in total. The summed E-state index contributed by atoms with van der Waals surface area (Å²) >= 11 is 5.58. The van der Waals surface area contributed by atoms with Gasteiger partial charge in [0.05, 0.1) is 0 Å². The summed E-state index contributed by atoms with van der Waals surface area (Å²) in [6, 6.07) is 7.36. The topological polar surface area (TPSA) is 50.4 Å². The molecule has 5 heteroatoms. The van der Waals surface area contributed by atoms with E-state index in [4.69, 9.17) is 16.3 Å². The Hall–Kier alpha value is -1.42. The maximum absolute atomic E-state index is 11.5. The molecule has 1 amide bonds. The molecule has 0 heterocycles. The lowest BCUT2D eigenvalue weighted by molar-refractivity contribution is 0.0636. The van der Waals surface area contributed by atoms with Gasteiger partial charge in [-0.25, -0.2) is 4.79 Å². The maximum Gasteiger partial charge on any atom is 0.412 e. The Morgan fingerprint density at radius 3 is 2.28 bits per heavy atom. The van der Waals surface area contributed by atoms with E-state index >= 15 is 0 Å². The molecule has 0 aromatic heterocycles. The Balaban J connectivity index is 2.50. The zero-order valence-electron chi connectivity index (χ0n) is 10.9. The fraction of sp³-hybridized carbons (Fsp3) is 0.462. The molecule has 1 aromatic carbocycles. The van der Waals surface area contributed by atoms with Crippen LogP contribution in [0, 0.1) is 0 Å². The monoisotopic (exact) mass is 270 g/mol. The third-order valence-electron chi connectivity index (χ3n) is 1.95. The van der Waals surface area contributed by atoms with Gasteiger partial charge in [0.15, 0.2) is 0 Å². The third kappa shape index (κ3) is 5.77. The van der Waals surface area contributed by atoms with Gasteiger partial charge in [0.25, 0.3) is 0 Å². The van der Waals surface area contributed by atoms with Crippen LogP contribution in [0.25, 0.3) is 0 Å². The summed E-state index contributed by atoms with van der Waals surface area (Å²) in [6.07, 6.45) is -0.455. The van der Waals surface area contributed by atoms with Crippen LogP contribution in [0.2, 0.25) is 0 Å². The SMILES string of the molecule is CC(C)(C)OC(=O)Nc1ccc(NCCCl)cc1. The molecule has 0 radical (unpaired) electrons. The number of benzene rings is 1. The van der Waals surface area contributed by atoms with Gasteiger partial charge in [-0.2, -0.15) is 0 Å². The molecule has 0 saturated carbocycles. The van der Waals surface area contributed by atoms with E-state index < -0.39 is 11.7 Å². The summed E-state index contributed by atoms with van der Waals surface area (Å²) in [7, 11) is 0. The summed E-state index contributed by atoms with van der Waals surface area (Å²) in [5, 5.41) is 5.80. The molecule has 1 aromatic rings. The zero-order valence-corrected chi connectivity index (χ0v) is 11.7. The van der Waals surface area contributed by atoms with Crippen molar-refractivity contribution >= 4 is 29.1 Å². The van der Waals surface area contributed by atoms with Gasteiger partial charge < -0.3 is 10.1 Å². The van der Waals surface area contributed by atoms with Gasteiger partial charge in [-0.05, 0) is 45.0 Å². The van der Waals surface area contributed by atoms with E-state index in [2.05, 4.69) is 10.6 Å². The summed E-state index contributed by atoms with van der Waals surface area (Å²) < 4.78 is 5.15. The van der Waals surface area contributed by atoms with Crippen molar-refractivity contribution in [2.24, 2.45) is 0 Å². The van der Waals surface area contributed by atoms with Gasteiger partial charge in [0.1, 0.15) is 5.60 Å². The average Bonchev–Trinajstić information content (AvgIpc) is 2.25. The predicted octanol–water partition coefficient (Wildman–Crippen LogP) is 3.68. The second-order valence-corrected chi connectivity index (χ2v) is 5.20. The number of ether oxygens (including phenoxy) is 1. The van der Waals surface area contributed by atoms with E-state index in [0.717, 1.165) is 5.69 Å². The highest BCUT2D eigenvalue weighted by molar-refractivity contribution is 6.18. The molecule has 0 aliphatic rings. The second kappa shape index (κ2) is 6.50. The van der Waals surface area contributed by atoms with Crippen LogP contribution in [0.1, 0.15) is 20.8 Å². The normalized spacial score (nSPS) is 10.9. The molecule has 4 nitrogen and oxygen atoms in total. The van der Waals surface area contributed by atoms with Crippen molar-refractivity contribution < 1.29 is 9.53 Å². The fourth-order valence-electron chi connectivity index (χ4n) is 1.28. The maximum atomic E-state index is 11.5. The first kappa shape index (κ1) is 14.6. The number of halogens is 1. The number of anilines is 2. The molecule has 0 bridgehead atoms. The van der Waals surface area contributed by atoms with Crippen molar-refractivity contribution in [2.45, 2.75) is 26.4 Å². The van der Waals surface area contributed by atoms with Crippen molar-refractivity contribution in [3.05, 3.63) is 24.3 Å². The summed E-state index contributed by atoms with van der Waals surface area (Å²) in [5.41, 5.74) is 1.16. The highest BCUT2D eigenvalue weighted by Crippen LogP contribution is 2.15. The fourth-order valence-corrected chi connectivity index (χ4v) is 1.38. The van der Waals surface area contributed by atoms with Gasteiger partial charge >= 0.3 is 6.09 Å². The highest BCUT2D eigenvalue weighted by Gasteiger charge is 2.15. The minimum absolute atomic E-state index is 0.455. The quantitative estimate of drug-likeness (QED) is 0.821. The van der Waals surface area contributed by atoms with E-state index in [-0.39, 0.29) is 0 Å². The standard InChI is InChI=1S/C13H19ClN2O2/c1-13(2,3)18-12(17)16-11-6-4-10(5-7-11)15-9-8-14/h4-7,15H,8-9H2,1-3H3,(H,16,17). The van der Waals surface area contributed by atoms with Crippen molar-refractivity contribution in [3.63, 3.8) is 0 Å². The van der Waals surface area contributed by atoms with E-state index in [1.54, 1.807) is 12.1 Å². The number of hydrogen-bond donors (Lipinski definition) is 2. The number of rotatable bonds is 4. The zero-order chi connectivity index (χ0) is 13.6. The van der Waals surface area contributed by atoms with Crippen molar-refractivity contribution in [1.29, 1.82) is 0 Å². The Morgan fingerprint density at radius 1 is 1.22 bits per heavy atom. The molecule has 0 atom stereocenters. The van der Waals surface area contributed by atoms with E-state index in [0.29, 0.717) is 18.1 Å². The van der Waals surface area contributed by atoms with Crippen LogP contribution in [0.15, 0.2) is 24.3 Å². The van der Waals surface area contributed by atoms with Gasteiger partial charge in [0.2, 0.25) is 0 Å². The van der Waals surface area contributed by atoms with Crippen LogP contribution >= 0.6 is 11.6 Å². The Bertz CT molecular complexity index is 385. The molecular weight excluding hydrogens is 252 g/mol. The van der Waals surface area contributed by atoms with Gasteiger partial charge in [0, 0.05) is 23.8 Å². The second-order valence-electron chi connectivity index (χ2n) is 4.82. The molecule has 0 spiro atoms. The largest absolute Gasteiger partial charge is 0.444 e. The molecule has 1 rings (SSSR count). The predicted molar refractivity (Wildman–Crippen MR) is 75.5 cm³/mol. The molecule has 0 aliphatic carbocycles. The molecule has 0 unspecified atom stereocenters. The highest BCUT2D eigenvalue weighted by atomic mass is 35.5. The molecular formula is C13H19ClN2O2. The van der Waals surface area contributed by atoms with E-state index in [1.807, 2.05) is 32.9 Å². The van der Waals surface area contributed by atoms with E-state index in [1.165, 1.54) is 0 Å². The van der Waals surface area contributed by atoms with Crippen LogP contribution < -0.4 is 10.6 Å². The Kier molecular flexibility index (Phi) is 5.28. The van der Waals surface area contributed by atoms with Crippen molar-refractivity contribution in [1.82, 2.24) is 0 Å². The number of amides is 1. The van der Waals surface area contributed by atoms with Crippen LogP contribution in [0.3, 0.4) is 0 Å². The minimum atomic E-state index is -0.494.